The van der Waals surface area contributed by atoms with E-state index in [1.54, 1.807) is 0 Å². The molecule has 2 nitrogen and oxygen atoms in total. The zero-order valence-corrected chi connectivity index (χ0v) is 11.8. The Bertz CT molecular complexity index is 400. The lowest BCUT2D eigenvalue weighted by molar-refractivity contribution is 0.108. The molecule has 0 unspecified atom stereocenters. The minimum Gasteiger partial charge on any atom is -0.393 e. The molecule has 1 aromatic rings. The summed E-state index contributed by atoms with van der Waals surface area (Å²) in [5.41, 5.74) is 2.85. The van der Waals surface area contributed by atoms with E-state index in [1.807, 2.05) is 0 Å². The van der Waals surface area contributed by atoms with E-state index in [2.05, 4.69) is 36.5 Å². The van der Waals surface area contributed by atoms with Crippen LogP contribution in [0.1, 0.15) is 55.6 Å². The zero-order chi connectivity index (χ0) is 13.2. The van der Waals surface area contributed by atoms with Crippen molar-refractivity contribution in [2.75, 3.05) is 0 Å². The van der Waals surface area contributed by atoms with E-state index >= 15 is 0 Å². The van der Waals surface area contributed by atoms with E-state index in [9.17, 15) is 5.11 Å². The molecule has 2 aliphatic rings. The lowest BCUT2D eigenvalue weighted by Gasteiger charge is -2.40. The summed E-state index contributed by atoms with van der Waals surface area (Å²) in [4.78, 5) is 0. The minimum absolute atomic E-state index is 0.0419. The molecule has 2 aliphatic carbocycles. The molecule has 2 N–H and O–H groups in total. The van der Waals surface area contributed by atoms with Crippen LogP contribution in [0.4, 0.5) is 0 Å². The fourth-order valence-corrected chi connectivity index (χ4v) is 3.44. The van der Waals surface area contributed by atoms with Crippen LogP contribution < -0.4 is 5.32 Å². The number of nitrogens with one attached hydrogen (secondary N) is 1. The van der Waals surface area contributed by atoms with Crippen molar-refractivity contribution in [3.63, 3.8) is 0 Å². The Morgan fingerprint density at radius 2 is 1.58 bits per heavy atom. The number of hydrogen-bond acceptors (Lipinski definition) is 2. The predicted molar refractivity (Wildman–Crippen MR) is 78.3 cm³/mol. The first kappa shape index (κ1) is 13.1. The second kappa shape index (κ2) is 5.64. The normalized spacial score (nSPS) is 34.8. The van der Waals surface area contributed by atoms with Crippen LogP contribution in [-0.2, 0) is 0 Å². The molecule has 0 amide bonds. The first-order valence-corrected chi connectivity index (χ1v) is 7.71. The Balaban J connectivity index is 1.44. The highest BCUT2D eigenvalue weighted by molar-refractivity contribution is 5.26. The molecule has 0 atom stereocenters. The van der Waals surface area contributed by atoms with E-state index in [0.29, 0.717) is 12.1 Å². The molecule has 3 rings (SSSR count). The van der Waals surface area contributed by atoms with Gasteiger partial charge in [-0.1, -0.05) is 29.8 Å². The van der Waals surface area contributed by atoms with Crippen molar-refractivity contribution in [1.29, 1.82) is 0 Å². The molecule has 1 aromatic carbocycles. The van der Waals surface area contributed by atoms with E-state index < -0.39 is 0 Å². The molecule has 2 fully saturated rings. The third-order valence-electron chi connectivity index (χ3n) is 4.85. The number of aliphatic hydroxyl groups excluding tert-OH is 1. The maximum Gasteiger partial charge on any atom is 0.0541 e. The van der Waals surface area contributed by atoms with Gasteiger partial charge in [-0.05, 0) is 56.9 Å². The number of rotatable bonds is 3. The van der Waals surface area contributed by atoms with Gasteiger partial charge >= 0.3 is 0 Å². The maximum atomic E-state index is 9.52. The fraction of sp³-hybridized carbons (Fsp3) is 0.647. The lowest BCUT2D eigenvalue weighted by Crippen LogP contribution is -2.47. The molecule has 0 saturated heterocycles. The van der Waals surface area contributed by atoms with Crippen molar-refractivity contribution >= 4 is 0 Å². The second-order valence-electron chi connectivity index (χ2n) is 6.45. The van der Waals surface area contributed by atoms with Crippen molar-refractivity contribution in [3.8, 4) is 0 Å². The molecule has 2 heteroatoms. The van der Waals surface area contributed by atoms with Crippen LogP contribution in [0.3, 0.4) is 0 Å². The first-order chi connectivity index (χ1) is 9.20. The number of aryl methyl sites for hydroxylation is 1. The molecule has 0 radical (unpaired) electrons. The van der Waals surface area contributed by atoms with Crippen LogP contribution in [0.5, 0.6) is 0 Å². The summed E-state index contributed by atoms with van der Waals surface area (Å²) in [7, 11) is 0. The van der Waals surface area contributed by atoms with Crippen LogP contribution in [-0.4, -0.2) is 23.3 Å². The summed E-state index contributed by atoms with van der Waals surface area (Å²) in [5.74, 6) is 0.757. The molecular formula is C17H25NO. The van der Waals surface area contributed by atoms with Gasteiger partial charge in [-0.3, -0.25) is 0 Å². The number of benzene rings is 1. The van der Waals surface area contributed by atoms with Gasteiger partial charge in [0.05, 0.1) is 6.10 Å². The van der Waals surface area contributed by atoms with Gasteiger partial charge < -0.3 is 10.4 Å². The summed E-state index contributed by atoms with van der Waals surface area (Å²) in [6.07, 6.45) is 6.77. The Morgan fingerprint density at radius 1 is 0.947 bits per heavy atom. The lowest BCUT2D eigenvalue weighted by atomic mass is 9.75. The SMILES string of the molecule is Cc1ccc(C2CC(NC3CCC(O)CC3)C2)cc1. The van der Waals surface area contributed by atoms with Crippen LogP contribution in [0, 0.1) is 6.92 Å². The van der Waals surface area contributed by atoms with Crippen LogP contribution in [0.15, 0.2) is 24.3 Å². The molecule has 104 valence electrons. The van der Waals surface area contributed by atoms with Crippen molar-refractivity contribution in [2.45, 2.75) is 69.6 Å². The van der Waals surface area contributed by atoms with E-state index in [-0.39, 0.29) is 6.10 Å². The van der Waals surface area contributed by atoms with Gasteiger partial charge in [0.15, 0.2) is 0 Å². The van der Waals surface area contributed by atoms with Gasteiger partial charge in [-0.25, -0.2) is 0 Å². The second-order valence-corrected chi connectivity index (χ2v) is 6.45. The van der Waals surface area contributed by atoms with Crippen LogP contribution >= 0.6 is 0 Å². The minimum atomic E-state index is -0.0419. The Labute approximate surface area is 116 Å². The van der Waals surface area contributed by atoms with Gasteiger partial charge in [0.1, 0.15) is 0 Å². The average molecular weight is 259 g/mol. The molecule has 0 aromatic heterocycles. The highest BCUT2D eigenvalue weighted by atomic mass is 16.3. The quantitative estimate of drug-likeness (QED) is 0.874. The number of aliphatic hydroxyl groups is 1. The fourth-order valence-electron chi connectivity index (χ4n) is 3.44. The zero-order valence-electron chi connectivity index (χ0n) is 11.8. The monoisotopic (exact) mass is 259 g/mol. The molecule has 19 heavy (non-hydrogen) atoms. The van der Waals surface area contributed by atoms with Crippen LogP contribution in [0.25, 0.3) is 0 Å². The van der Waals surface area contributed by atoms with Crippen molar-refractivity contribution in [2.24, 2.45) is 0 Å². The highest BCUT2D eigenvalue weighted by Gasteiger charge is 2.32. The molecular weight excluding hydrogens is 234 g/mol. The van der Waals surface area contributed by atoms with E-state index in [4.69, 9.17) is 0 Å². The smallest absolute Gasteiger partial charge is 0.0541 e. The maximum absolute atomic E-state index is 9.52. The van der Waals surface area contributed by atoms with Crippen LogP contribution in [0.2, 0.25) is 0 Å². The predicted octanol–water partition coefficient (Wildman–Crippen LogP) is 3.13. The van der Waals surface area contributed by atoms with Crippen molar-refractivity contribution in [3.05, 3.63) is 35.4 Å². The summed E-state index contributed by atoms with van der Waals surface area (Å²) in [6, 6.07) is 10.4. The average Bonchev–Trinajstić information content (AvgIpc) is 2.37. The standard InChI is InChI=1S/C17H25NO/c1-12-2-4-13(5-3-12)14-10-16(11-14)18-15-6-8-17(19)9-7-15/h2-5,14-19H,6-11H2,1H3. The Hall–Kier alpha value is -0.860. The van der Waals surface area contributed by atoms with E-state index in [1.165, 1.54) is 24.0 Å². The molecule has 0 bridgehead atoms. The molecule has 0 aliphatic heterocycles. The third-order valence-corrected chi connectivity index (χ3v) is 4.85. The van der Waals surface area contributed by atoms with Crippen molar-refractivity contribution in [1.82, 2.24) is 5.32 Å². The molecule has 0 spiro atoms. The summed E-state index contributed by atoms with van der Waals surface area (Å²) in [5, 5.41) is 13.3. The third kappa shape index (κ3) is 3.18. The molecule has 2 saturated carbocycles. The van der Waals surface area contributed by atoms with Gasteiger partial charge in [0.2, 0.25) is 0 Å². The largest absolute Gasteiger partial charge is 0.393 e. The van der Waals surface area contributed by atoms with Gasteiger partial charge in [0, 0.05) is 12.1 Å². The van der Waals surface area contributed by atoms with Crippen molar-refractivity contribution < 1.29 is 5.11 Å². The Morgan fingerprint density at radius 3 is 2.21 bits per heavy atom. The topological polar surface area (TPSA) is 32.3 Å². The van der Waals surface area contributed by atoms with E-state index in [0.717, 1.165) is 31.6 Å². The van der Waals surface area contributed by atoms with Gasteiger partial charge in [-0.2, -0.15) is 0 Å². The summed E-state index contributed by atoms with van der Waals surface area (Å²) >= 11 is 0. The summed E-state index contributed by atoms with van der Waals surface area (Å²) < 4.78 is 0. The Kier molecular flexibility index (Phi) is 3.90. The summed E-state index contributed by atoms with van der Waals surface area (Å²) in [6.45, 7) is 2.15. The number of hydrogen-bond donors (Lipinski definition) is 2. The highest BCUT2D eigenvalue weighted by Crippen LogP contribution is 2.37. The molecule has 0 heterocycles. The van der Waals surface area contributed by atoms with Gasteiger partial charge in [0.25, 0.3) is 0 Å². The van der Waals surface area contributed by atoms with Gasteiger partial charge in [-0.15, -0.1) is 0 Å². The first-order valence-electron chi connectivity index (χ1n) is 7.71.